The third-order valence-electron chi connectivity index (χ3n) is 8.98. The lowest BCUT2D eigenvalue weighted by Crippen LogP contribution is -2.30. The van der Waals surface area contributed by atoms with Gasteiger partial charge in [0.25, 0.3) is 0 Å². The van der Waals surface area contributed by atoms with Gasteiger partial charge in [-0.1, -0.05) is 105 Å². The van der Waals surface area contributed by atoms with Gasteiger partial charge in [-0.05, 0) is 70.6 Å². The first-order valence-corrected chi connectivity index (χ1v) is 14.7. The Morgan fingerprint density at radius 1 is 0.558 bits per heavy atom. The highest BCUT2D eigenvalue weighted by Gasteiger charge is 2.37. The van der Waals surface area contributed by atoms with Crippen molar-refractivity contribution in [1.29, 1.82) is 0 Å². The predicted octanol–water partition coefficient (Wildman–Crippen LogP) is 11.1. The summed E-state index contributed by atoms with van der Waals surface area (Å²) >= 11 is 0. The topological polar surface area (TPSA) is 12.5 Å². The van der Waals surface area contributed by atoms with Gasteiger partial charge in [-0.15, -0.1) is 0 Å². The molecule has 3 heteroatoms. The molecule has 1 aliphatic heterocycles. The number of hydrogen-bond acceptors (Lipinski definition) is 1. The molecule has 7 aromatic rings. The number of para-hydroxylation sites is 4. The maximum absolute atomic E-state index is 7.55. The lowest BCUT2D eigenvalue weighted by atomic mass is 9.73. The summed E-state index contributed by atoms with van der Waals surface area (Å²) in [6.07, 6.45) is 0. The summed E-state index contributed by atoms with van der Waals surface area (Å²) in [6, 6.07) is 49.6. The first-order valence-electron chi connectivity index (χ1n) is 14.7. The van der Waals surface area contributed by atoms with E-state index in [1.807, 2.05) is 12.1 Å². The zero-order valence-electron chi connectivity index (χ0n) is 24.1. The quantitative estimate of drug-likeness (QED) is 0.199. The lowest BCUT2D eigenvalue weighted by Gasteiger charge is -2.42. The summed E-state index contributed by atoms with van der Waals surface area (Å²) in [4.78, 5) is 6.13. The molecule has 0 saturated heterocycles. The highest BCUT2D eigenvalue weighted by Crippen LogP contribution is 2.53. The molecule has 0 spiro atoms. The Balaban J connectivity index is 1.34. The average molecular weight is 552 g/mol. The summed E-state index contributed by atoms with van der Waals surface area (Å²) in [5, 5.41) is 2.25. The van der Waals surface area contributed by atoms with Crippen molar-refractivity contribution < 1.29 is 0 Å². The highest BCUT2D eigenvalue weighted by molar-refractivity contribution is 6.10. The molecule has 1 aromatic heterocycles. The van der Waals surface area contributed by atoms with E-state index in [0.29, 0.717) is 5.69 Å². The molecule has 0 radical (unpaired) electrons. The minimum atomic E-state index is -0.109. The number of benzene rings is 6. The van der Waals surface area contributed by atoms with Crippen LogP contribution in [-0.4, -0.2) is 4.57 Å². The summed E-state index contributed by atoms with van der Waals surface area (Å²) in [6.45, 7) is 12.2. The van der Waals surface area contributed by atoms with Gasteiger partial charge >= 0.3 is 0 Å². The van der Waals surface area contributed by atoms with E-state index in [1.165, 1.54) is 28.1 Å². The number of anilines is 3. The lowest BCUT2D eigenvalue weighted by molar-refractivity contribution is 0.632. The van der Waals surface area contributed by atoms with Crippen LogP contribution in [0, 0.1) is 6.57 Å². The number of hydrogen-bond donors (Lipinski definition) is 0. The van der Waals surface area contributed by atoms with Crippen LogP contribution >= 0.6 is 0 Å². The second-order valence-corrected chi connectivity index (χ2v) is 11.7. The summed E-state index contributed by atoms with van der Waals surface area (Å²) in [5.41, 5.74) is 12.4. The van der Waals surface area contributed by atoms with Gasteiger partial charge in [-0.3, -0.25) is 0 Å². The molecule has 43 heavy (non-hydrogen) atoms. The molecule has 204 valence electrons. The second kappa shape index (κ2) is 9.48. The Hall–Kier alpha value is -5.59. The van der Waals surface area contributed by atoms with E-state index < -0.39 is 0 Å². The number of nitrogens with zero attached hydrogens (tertiary/aromatic N) is 3. The fourth-order valence-electron chi connectivity index (χ4n) is 6.96. The molecule has 0 saturated carbocycles. The van der Waals surface area contributed by atoms with Gasteiger partial charge in [0.1, 0.15) is 0 Å². The van der Waals surface area contributed by atoms with Crippen molar-refractivity contribution in [3.05, 3.63) is 162 Å². The van der Waals surface area contributed by atoms with Crippen LogP contribution in [0.5, 0.6) is 0 Å². The van der Waals surface area contributed by atoms with Crippen LogP contribution in [0.2, 0.25) is 0 Å². The minimum absolute atomic E-state index is 0.109. The summed E-state index contributed by atoms with van der Waals surface area (Å²) < 4.78 is 2.32. The van der Waals surface area contributed by atoms with E-state index in [4.69, 9.17) is 6.57 Å². The van der Waals surface area contributed by atoms with Crippen molar-refractivity contribution in [2.24, 2.45) is 0 Å². The SMILES string of the molecule is [C-]#[N+]c1ccc2c(c1)c1ccccc1n2-c1cccc(-c2ccccc2N2c3ccccc3C(C)(C)c3ccccc32)c1. The first-order chi connectivity index (χ1) is 21.1. The maximum Gasteiger partial charge on any atom is 0.188 e. The van der Waals surface area contributed by atoms with Crippen molar-refractivity contribution >= 4 is 44.6 Å². The van der Waals surface area contributed by atoms with Crippen molar-refractivity contribution in [1.82, 2.24) is 4.57 Å². The van der Waals surface area contributed by atoms with E-state index >= 15 is 0 Å². The van der Waals surface area contributed by atoms with Crippen LogP contribution in [0.3, 0.4) is 0 Å². The molecular formula is C40H29N3. The Kier molecular flexibility index (Phi) is 5.54. The van der Waals surface area contributed by atoms with Crippen molar-refractivity contribution in [3.63, 3.8) is 0 Å². The smallest absolute Gasteiger partial charge is 0.188 e. The summed E-state index contributed by atoms with van der Waals surface area (Å²) in [5.74, 6) is 0. The molecule has 1 aliphatic rings. The maximum atomic E-state index is 7.55. The third kappa shape index (κ3) is 3.74. The number of rotatable bonds is 3. The van der Waals surface area contributed by atoms with Gasteiger partial charge in [0.15, 0.2) is 5.69 Å². The number of fused-ring (bicyclic) bond motifs is 5. The standard InChI is InChI=1S/C40H29N3/c1-40(2)33-17-6-10-21-38(33)43(39-22-11-7-18-34(39)40)35-19-8-4-15-30(35)27-13-12-14-29(25-27)42-36-20-9-5-16-31(36)32-26-28(41-3)23-24-37(32)42/h4-26H,1-2H3. The van der Waals surface area contributed by atoms with Crippen LogP contribution in [0.15, 0.2) is 140 Å². The van der Waals surface area contributed by atoms with Crippen LogP contribution in [-0.2, 0) is 5.41 Å². The van der Waals surface area contributed by atoms with Gasteiger partial charge in [0, 0.05) is 22.1 Å². The van der Waals surface area contributed by atoms with E-state index in [1.54, 1.807) is 0 Å². The van der Waals surface area contributed by atoms with E-state index in [0.717, 1.165) is 38.7 Å². The Bertz CT molecular complexity index is 2200. The van der Waals surface area contributed by atoms with E-state index in [9.17, 15) is 0 Å². The van der Waals surface area contributed by atoms with Crippen LogP contribution < -0.4 is 4.90 Å². The first kappa shape index (κ1) is 25.1. The molecular weight excluding hydrogens is 522 g/mol. The molecule has 0 aliphatic carbocycles. The number of aromatic nitrogens is 1. The zero-order valence-corrected chi connectivity index (χ0v) is 24.1. The van der Waals surface area contributed by atoms with Crippen LogP contribution in [0.1, 0.15) is 25.0 Å². The predicted molar refractivity (Wildman–Crippen MR) is 179 cm³/mol. The molecule has 0 atom stereocenters. The van der Waals surface area contributed by atoms with Gasteiger partial charge in [-0.25, -0.2) is 4.85 Å². The van der Waals surface area contributed by atoms with E-state index in [2.05, 4.69) is 156 Å². The zero-order chi connectivity index (χ0) is 29.1. The minimum Gasteiger partial charge on any atom is -0.309 e. The molecule has 0 amide bonds. The largest absolute Gasteiger partial charge is 0.309 e. The fraction of sp³-hybridized carbons (Fsp3) is 0.0750. The Morgan fingerprint density at radius 3 is 1.93 bits per heavy atom. The Morgan fingerprint density at radius 2 is 1.19 bits per heavy atom. The summed E-state index contributed by atoms with van der Waals surface area (Å²) in [7, 11) is 0. The Labute approximate surface area is 251 Å². The normalized spacial score (nSPS) is 13.5. The molecule has 3 nitrogen and oxygen atoms in total. The molecule has 8 rings (SSSR count). The molecule has 0 N–H and O–H groups in total. The molecule has 2 heterocycles. The van der Waals surface area contributed by atoms with Gasteiger partial charge in [0.05, 0.1) is 34.7 Å². The third-order valence-corrected chi connectivity index (χ3v) is 8.98. The average Bonchev–Trinajstić information content (AvgIpc) is 3.39. The molecule has 0 fully saturated rings. The van der Waals surface area contributed by atoms with Crippen LogP contribution in [0.4, 0.5) is 22.7 Å². The van der Waals surface area contributed by atoms with Crippen molar-refractivity contribution in [2.45, 2.75) is 19.3 Å². The van der Waals surface area contributed by atoms with Gasteiger partial charge < -0.3 is 9.47 Å². The van der Waals surface area contributed by atoms with Gasteiger partial charge in [-0.2, -0.15) is 0 Å². The monoisotopic (exact) mass is 551 g/mol. The van der Waals surface area contributed by atoms with Crippen molar-refractivity contribution in [2.75, 3.05) is 4.90 Å². The van der Waals surface area contributed by atoms with E-state index in [-0.39, 0.29) is 5.41 Å². The molecule has 0 unspecified atom stereocenters. The molecule has 6 aromatic carbocycles. The highest BCUT2D eigenvalue weighted by atomic mass is 15.2. The molecule has 0 bridgehead atoms. The van der Waals surface area contributed by atoms with Gasteiger partial charge in [0.2, 0.25) is 0 Å². The van der Waals surface area contributed by atoms with Crippen LogP contribution in [0.25, 0.3) is 43.5 Å². The second-order valence-electron chi connectivity index (χ2n) is 11.7. The van der Waals surface area contributed by atoms with Crippen molar-refractivity contribution in [3.8, 4) is 16.8 Å². The fourth-order valence-corrected chi connectivity index (χ4v) is 6.96.